The van der Waals surface area contributed by atoms with Gasteiger partial charge in [-0.1, -0.05) is 23.7 Å². The summed E-state index contributed by atoms with van der Waals surface area (Å²) in [7, 11) is 0. The average Bonchev–Trinajstić information content (AvgIpc) is 2.94. The molecular formula is C15H15ClN2O2S. The van der Waals surface area contributed by atoms with Gasteiger partial charge in [0.05, 0.1) is 22.1 Å². The van der Waals surface area contributed by atoms with Crippen LogP contribution in [-0.4, -0.2) is 18.4 Å². The zero-order valence-electron chi connectivity index (χ0n) is 11.7. The van der Waals surface area contributed by atoms with E-state index in [1.807, 2.05) is 25.3 Å². The van der Waals surface area contributed by atoms with Crippen molar-refractivity contribution in [2.24, 2.45) is 0 Å². The first-order valence-electron chi connectivity index (χ1n) is 6.35. The minimum Gasteiger partial charge on any atom is -0.342 e. The molecule has 2 aromatic rings. The third-order valence-electron chi connectivity index (χ3n) is 2.85. The molecule has 0 atom stereocenters. The molecule has 0 saturated carbocycles. The van der Waals surface area contributed by atoms with E-state index < -0.39 is 0 Å². The van der Waals surface area contributed by atoms with Crippen molar-refractivity contribution < 1.29 is 9.59 Å². The summed E-state index contributed by atoms with van der Waals surface area (Å²) in [6.45, 7) is 3.71. The summed E-state index contributed by atoms with van der Waals surface area (Å²) in [5, 5.41) is 7.60. The standard InChI is InChI=1S/C15H15ClN2O2S/c1-9-6-10(2)14(11(16)7-9)18-13(19)8-17-15(20)12-4-3-5-21-12/h3-7H,8H2,1-2H3,(H,17,20)(H,18,19). The zero-order valence-corrected chi connectivity index (χ0v) is 13.3. The number of halogens is 1. The van der Waals surface area contributed by atoms with Gasteiger partial charge in [0.25, 0.3) is 5.91 Å². The Kier molecular flexibility index (Phi) is 4.98. The SMILES string of the molecule is Cc1cc(C)c(NC(=O)CNC(=O)c2cccs2)c(Cl)c1. The number of nitrogens with one attached hydrogen (secondary N) is 2. The topological polar surface area (TPSA) is 58.2 Å². The second kappa shape index (κ2) is 6.74. The van der Waals surface area contributed by atoms with Crippen molar-refractivity contribution in [2.45, 2.75) is 13.8 Å². The van der Waals surface area contributed by atoms with E-state index >= 15 is 0 Å². The lowest BCUT2D eigenvalue weighted by Gasteiger charge is -2.11. The Balaban J connectivity index is 1.95. The third-order valence-corrected chi connectivity index (χ3v) is 4.02. The maximum Gasteiger partial charge on any atom is 0.261 e. The first-order valence-corrected chi connectivity index (χ1v) is 7.61. The van der Waals surface area contributed by atoms with E-state index in [2.05, 4.69) is 10.6 Å². The molecule has 0 aliphatic heterocycles. The van der Waals surface area contributed by atoms with Crippen LogP contribution in [-0.2, 0) is 4.79 Å². The predicted octanol–water partition coefficient (Wildman–Crippen LogP) is 3.39. The van der Waals surface area contributed by atoms with Crippen LogP contribution < -0.4 is 10.6 Å². The second-order valence-electron chi connectivity index (χ2n) is 4.65. The van der Waals surface area contributed by atoms with Gasteiger partial charge >= 0.3 is 0 Å². The maximum atomic E-state index is 11.9. The molecule has 4 nitrogen and oxygen atoms in total. The third kappa shape index (κ3) is 4.06. The number of hydrogen-bond donors (Lipinski definition) is 2. The van der Waals surface area contributed by atoms with Gasteiger partial charge in [0.2, 0.25) is 5.91 Å². The number of carbonyl (C=O) groups is 2. The lowest BCUT2D eigenvalue weighted by atomic mass is 10.1. The van der Waals surface area contributed by atoms with Crippen LogP contribution in [0, 0.1) is 13.8 Å². The van der Waals surface area contributed by atoms with Gasteiger partial charge in [0.1, 0.15) is 0 Å². The number of amides is 2. The molecule has 0 aliphatic rings. The van der Waals surface area contributed by atoms with E-state index in [1.54, 1.807) is 18.2 Å². The summed E-state index contributed by atoms with van der Waals surface area (Å²) >= 11 is 7.45. The highest BCUT2D eigenvalue weighted by Crippen LogP contribution is 2.27. The first kappa shape index (κ1) is 15.5. The summed E-state index contributed by atoms with van der Waals surface area (Å²) in [6, 6.07) is 7.22. The molecular weight excluding hydrogens is 308 g/mol. The molecule has 2 N–H and O–H groups in total. The molecule has 0 bridgehead atoms. The van der Waals surface area contributed by atoms with E-state index in [4.69, 9.17) is 11.6 Å². The molecule has 110 valence electrons. The molecule has 2 amide bonds. The predicted molar refractivity (Wildman–Crippen MR) is 86.2 cm³/mol. The molecule has 21 heavy (non-hydrogen) atoms. The van der Waals surface area contributed by atoms with Gasteiger partial charge < -0.3 is 10.6 Å². The molecule has 6 heteroatoms. The van der Waals surface area contributed by atoms with Crippen LogP contribution in [0.2, 0.25) is 5.02 Å². The van der Waals surface area contributed by atoms with Crippen LogP contribution in [0.3, 0.4) is 0 Å². The van der Waals surface area contributed by atoms with Crippen molar-refractivity contribution in [1.82, 2.24) is 5.32 Å². The van der Waals surface area contributed by atoms with Gasteiger partial charge in [-0.3, -0.25) is 9.59 Å². The lowest BCUT2D eigenvalue weighted by Crippen LogP contribution is -2.32. The van der Waals surface area contributed by atoms with Crippen molar-refractivity contribution in [1.29, 1.82) is 0 Å². The van der Waals surface area contributed by atoms with E-state index in [0.29, 0.717) is 15.6 Å². The molecule has 1 heterocycles. The highest BCUT2D eigenvalue weighted by molar-refractivity contribution is 7.12. The monoisotopic (exact) mass is 322 g/mol. The number of benzene rings is 1. The molecule has 1 aromatic carbocycles. The number of anilines is 1. The first-order chi connectivity index (χ1) is 9.97. The summed E-state index contributed by atoms with van der Waals surface area (Å²) in [5.41, 5.74) is 2.50. The van der Waals surface area contributed by atoms with Crippen LogP contribution in [0.15, 0.2) is 29.6 Å². The maximum absolute atomic E-state index is 11.9. The van der Waals surface area contributed by atoms with Crippen LogP contribution in [0.1, 0.15) is 20.8 Å². The average molecular weight is 323 g/mol. The fourth-order valence-electron chi connectivity index (χ4n) is 1.91. The van der Waals surface area contributed by atoms with Crippen LogP contribution in [0.25, 0.3) is 0 Å². The number of hydrogen-bond acceptors (Lipinski definition) is 3. The highest BCUT2D eigenvalue weighted by Gasteiger charge is 2.12. The smallest absolute Gasteiger partial charge is 0.261 e. The largest absolute Gasteiger partial charge is 0.342 e. The molecule has 0 radical (unpaired) electrons. The number of aryl methyl sites for hydroxylation is 2. The van der Waals surface area contributed by atoms with Gasteiger partial charge in [-0.05, 0) is 42.5 Å². The Bertz CT molecular complexity index is 645. The minimum atomic E-state index is -0.311. The molecule has 0 unspecified atom stereocenters. The fraction of sp³-hybridized carbons (Fsp3) is 0.200. The Morgan fingerprint density at radius 2 is 2.05 bits per heavy atom. The Morgan fingerprint density at radius 1 is 1.29 bits per heavy atom. The van der Waals surface area contributed by atoms with Gasteiger partial charge in [0.15, 0.2) is 0 Å². The van der Waals surface area contributed by atoms with E-state index in [0.717, 1.165) is 11.1 Å². The second-order valence-corrected chi connectivity index (χ2v) is 6.00. The van der Waals surface area contributed by atoms with Crippen molar-refractivity contribution in [2.75, 3.05) is 11.9 Å². The van der Waals surface area contributed by atoms with Crippen LogP contribution in [0.4, 0.5) is 5.69 Å². The van der Waals surface area contributed by atoms with E-state index in [1.165, 1.54) is 11.3 Å². The van der Waals surface area contributed by atoms with Gasteiger partial charge in [-0.25, -0.2) is 0 Å². The Labute approximate surface area is 132 Å². The van der Waals surface area contributed by atoms with Crippen molar-refractivity contribution in [3.05, 3.63) is 50.7 Å². The lowest BCUT2D eigenvalue weighted by molar-refractivity contribution is -0.115. The van der Waals surface area contributed by atoms with Gasteiger partial charge in [-0.15, -0.1) is 11.3 Å². The van der Waals surface area contributed by atoms with Gasteiger partial charge in [0, 0.05) is 0 Å². The van der Waals surface area contributed by atoms with Gasteiger partial charge in [-0.2, -0.15) is 0 Å². The molecule has 0 saturated heterocycles. The Hall–Kier alpha value is -1.85. The van der Waals surface area contributed by atoms with Crippen molar-refractivity contribution in [3.8, 4) is 0 Å². The molecule has 0 spiro atoms. The minimum absolute atomic E-state index is 0.0968. The summed E-state index contributed by atoms with van der Waals surface area (Å²) < 4.78 is 0. The zero-order chi connectivity index (χ0) is 15.4. The number of carbonyl (C=O) groups excluding carboxylic acids is 2. The van der Waals surface area contributed by atoms with E-state index in [9.17, 15) is 9.59 Å². The summed E-state index contributed by atoms with van der Waals surface area (Å²) in [4.78, 5) is 24.2. The molecule has 0 aliphatic carbocycles. The normalized spacial score (nSPS) is 10.2. The number of rotatable bonds is 4. The molecule has 2 rings (SSSR count). The fourth-order valence-corrected chi connectivity index (χ4v) is 2.92. The van der Waals surface area contributed by atoms with Crippen molar-refractivity contribution >= 4 is 40.4 Å². The van der Waals surface area contributed by atoms with Crippen molar-refractivity contribution in [3.63, 3.8) is 0 Å². The molecule has 1 aromatic heterocycles. The van der Waals surface area contributed by atoms with Crippen LogP contribution >= 0.6 is 22.9 Å². The summed E-state index contributed by atoms with van der Waals surface area (Å²) in [5.74, 6) is -0.569. The number of thiophene rings is 1. The van der Waals surface area contributed by atoms with E-state index in [-0.39, 0.29) is 18.4 Å². The Morgan fingerprint density at radius 3 is 2.67 bits per heavy atom. The molecule has 0 fully saturated rings. The quantitative estimate of drug-likeness (QED) is 0.906. The highest BCUT2D eigenvalue weighted by atomic mass is 35.5. The summed E-state index contributed by atoms with van der Waals surface area (Å²) in [6.07, 6.45) is 0. The van der Waals surface area contributed by atoms with Crippen LogP contribution in [0.5, 0.6) is 0 Å².